The molecule has 0 aromatic heterocycles. The van der Waals surface area contributed by atoms with Crippen molar-refractivity contribution in [3.05, 3.63) is 0 Å². The predicted octanol–water partition coefficient (Wildman–Crippen LogP) is -0.709. The van der Waals surface area contributed by atoms with E-state index in [4.69, 9.17) is 10.2 Å². The fourth-order valence-corrected chi connectivity index (χ4v) is 0.333. The first kappa shape index (κ1) is 8.88. The van der Waals surface area contributed by atoms with Crippen LogP contribution in [0.4, 0.5) is 0 Å². The molecule has 0 amide bonds. The van der Waals surface area contributed by atoms with Crippen LogP contribution in [0.2, 0.25) is 0 Å². The van der Waals surface area contributed by atoms with Crippen molar-refractivity contribution in [1.29, 1.82) is 0 Å². The van der Waals surface area contributed by atoms with Crippen LogP contribution in [0, 0.1) is 0 Å². The highest BCUT2D eigenvalue weighted by molar-refractivity contribution is 4.80. The lowest BCUT2D eigenvalue weighted by Crippen LogP contribution is -2.47. The Morgan fingerprint density at radius 2 is 1.56 bits per heavy atom. The summed E-state index contributed by atoms with van der Waals surface area (Å²) in [6.07, 6.45) is 0. The highest BCUT2D eigenvalue weighted by Crippen LogP contribution is 2.07. The van der Waals surface area contributed by atoms with Crippen molar-refractivity contribution in [3.8, 4) is 0 Å². The molecule has 0 aromatic carbocycles. The summed E-state index contributed by atoms with van der Waals surface area (Å²) in [5.74, 6) is 0. The monoisotopic (exact) mass is 133 g/mol. The fourth-order valence-electron chi connectivity index (χ4n) is 0.333. The molecule has 0 radical (unpaired) electrons. The third kappa shape index (κ3) is 1.93. The van der Waals surface area contributed by atoms with Gasteiger partial charge in [-0.05, 0) is 21.0 Å². The van der Waals surface area contributed by atoms with Crippen LogP contribution in [0.25, 0.3) is 0 Å². The highest BCUT2D eigenvalue weighted by atomic mass is 16.3. The topological polar surface area (TPSA) is 43.7 Å². The molecule has 3 nitrogen and oxygen atoms in total. The van der Waals surface area contributed by atoms with Crippen molar-refractivity contribution in [2.75, 3.05) is 27.3 Å². The lowest BCUT2D eigenvalue weighted by atomic mass is 10.0. The first-order chi connectivity index (χ1) is 4.06. The van der Waals surface area contributed by atoms with Crippen molar-refractivity contribution in [1.82, 2.24) is 4.90 Å². The number of aliphatic hydroxyl groups is 2. The van der Waals surface area contributed by atoms with Gasteiger partial charge in [0.05, 0.1) is 18.8 Å². The average molecular weight is 133 g/mol. The Hall–Kier alpha value is -0.120. The van der Waals surface area contributed by atoms with Gasteiger partial charge in [-0.25, -0.2) is 0 Å². The molecule has 0 rings (SSSR count). The van der Waals surface area contributed by atoms with Gasteiger partial charge in [0.1, 0.15) is 0 Å². The van der Waals surface area contributed by atoms with Crippen LogP contribution in [0.15, 0.2) is 0 Å². The van der Waals surface area contributed by atoms with Gasteiger partial charge in [0.15, 0.2) is 0 Å². The van der Waals surface area contributed by atoms with Crippen molar-refractivity contribution < 1.29 is 10.2 Å². The summed E-state index contributed by atoms with van der Waals surface area (Å²) >= 11 is 0. The van der Waals surface area contributed by atoms with Crippen LogP contribution in [-0.4, -0.2) is 48.0 Å². The maximum atomic E-state index is 8.75. The summed E-state index contributed by atoms with van der Waals surface area (Å²) in [5, 5.41) is 17.5. The number of rotatable bonds is 3. The lowest BCUT2D eigenvalue weighted by Gasteiger charge is -2.32. The molecule has 56 valence electrons. The van der Waals surface area contributed by atoms with Gasteiger partial charge >= 0.3 is 0 Å². The Labute approximate surface area is 55.9 Å². The fraction of sp³-hybridized carbons (Fsp3) is 1.00. The Morgan fingerprint density at radius 1 is 1.22 bits per heavy atom. The zero-order valence-corrected chi connectivity index (χ0v) is 6.26. The molecule has 0 aliphatic rings. The minimum Gasteiger partial charge on any atom is -0.394 e. The molecule has 0 saturated carbocycles. The first-order valence-corrected chi connectivity index (χ1v) is 2.96. The second-order valence-electron chi connectivity index (χ2n) is 2.71. The third-order valence-corrected chi connectivity index (χ3v) is 1.76. The summed E-state index contributed by atoms with van der Waals surface area (Å²) in [6, 6.07) is 0. The van der Waals surface area contributed by atoms with Crippen LogP contribution < -0.4 is 0 Å². The number of nitrogens with zero attached hydrogens (tertiary/aromatic N) is 1. The maximum absolute atomic E-state index is 8.75. The minimum absolute atomic E-state index is 0.0174. The first-order valence-electron chi connectivity index (χ1n) is 2.96. The van der Waals surface area contributed by atoms with Gasteiger partial charge in [-0.1, -0.05) is 0 Å². The molecule has 2 N–H and O–H groups in total. The molecular formula is C6H15NO2. The van der Waals surface area contributed by atoms with E-state index in [0.29, 0.717) is 0 Å². The van der Waals surface area contributed by atoms with Crippen molar-refractivity contribution in [3.63, 3.8) is 0 Å². The maximum Gasteiger partial charge on any atom is 0.0639 e. The minimum atomic E-state index is -0.472. The van der Waals surface area contributed by atoms with E-state index in [9.17, 15) is 0 Å². The standard InChI is InChI=1S/C6H15NO2/c1-6(4-8,5-9)7(2)3/h8-9H,4-5H2,1-3H3. The quantitative estimate of drug-likeness (QED) is 0.534. The van der Waals surface area contributed by atoms with E-state index in [2.05, 4.69) is 0 Å². The summed E-state index contributed by atoms with van der Waals surface area (Å²) in [7, 11) is 3.65. The van der Waals surface area contributed by atoms with Gasteiger partial charge < -0.3 is 10.2 Å². The molecule has 0 spiro atoms. The second kappa shape index (κ2) is 3.15. The predicted molar refractivity (Wildman–Crippen MR) is 36.3 cm³/mol. The number of likely N-dealkylation sites (N-methyl/N-ethyl adjacent to an activating group) is 1. The third-order valence-electron chi connectivity index (χ3n) is 1.76. The smallest absolute Gasteiger partial charge is 0.0639 e. The van der Waals surface area contributed by atoms with Gasteiger partial charge in [0.2, 0.25) is 0 Å². The zero-order chi connectivity index (χ0) is 7.49. The largest absolute Gasteiger partial charge is 0.394 e. The Bertz CT molecular complexity index is 79.1. The average Bonchev–Trinajstić information content (AvgIpc) is 1.86. The molecule has 0 atom stereocenters. The SMILES string of the molecule is CN(C)C(C)(CO)CO. The summed E-state index contributed by atoms with van der Waals surface area (Å²) in [5.41, 5.74) is -0.472. The van der Waals surface area contributed by atoms with E-state index < -0.39 is 5.54 Å². The molecule has 9 heavy (non-hydrogen) atoms. The van der Waals surface area contributed by atoms with Crippen molar-refractivity contribution in [2.24, 2.45) is 0 Å². The van der Waals surface area contributed by atoms with Crippen molar-refractivity contribution in [2.45, 2.75) is 12.5 Å². The molecule has 0 fully saturated rings. The molecule has 0 saturated heterocycles. The van der Waals surface area contributed by atoms with E-state index in [0.717, 1.165) is 0 Å². The molecule has 0 unspecified atom stereocenters. The molecule has 0 bridgehead atoms. The number of hydrogen-bond acceptors (Lipinski definition) is 3. The molecule has 3 heteroatoms. The highest BCUT2D eigenvalue weighted by Gasteiger charge is 2.24. The summed E-state index contributed by atoms with van der Waals surface area (Å²) in [4.78, 5) is 1.80. The molecule has 0 aromatic rings. The Balaban J connectivity index is 3.92. The summed E-state index contributed by atoms with van der Waals surface area (Å²) in [6.45, 7) is 1.76. The van der Waals surface area contributed by atoms with E-state index >= 15 is 0 Å². The van der Waals surface area contributed by atoms with Crippen molar-refractivity contribution >= 4 is 0 Å². The lowest BCUT2D eigenvalue weighted by molar-refractivity contribution is 0.0309. The van der Waals surface area contributed by atoms with Crippen LogP contribution in [0.1, 0.15) is 6.92 Å². The van der Waals surface area contributed by atoms with Crippen LogP contribution in [-0.2, 0) is 0 Å². The molecule has 0 aliphatic carbocycles. The van der Waals surface area contributed by atoms with Gasteiger partial charge in [0.25, 0.3) is 0 Å². The van der Waals surface area contributed by atoms with Crippen LogP contribution in [0.5, 0.6) is 0 Å². The summed E-state index contributed by atoms with van der Waals surface area (Å²) < 4.78 is 0. The molecular weight excluding hydrogens is 118 g/mol. The zero-order valence-electron chi connectivity index (χ0n) is 6.26. The van der Waals surface area contributed by atoms with E-state index in [-0.39, 0.29) is 13.2 Å². The van der Waals surface area contributed by atoms with Crippen LogP contribution >= 0.6 is 0 Å². The van der Waals surface area contributed by atoms with Gasteiger partial charge in [-0.3, -0.25) is 4.90 Å². The van der Waals surface area contributed by atoms with Gasteiger partial charge in [0, 0.05) is 0 Å². The van der Waals surface area contributed by atoms with E-state index in [1.165, 1.54) is 0 Å². The molecule has 0 aliphatic heterocycles. The number of hydrogen-bond donors (Lipinski definition) is 2. The number of aliphatic hydroxyl groups excluding tert-OH is 2. The Kier molecular flexibility index (Phi) is 3.11. The Morgan fingerprint density at radius 3 is 1.56 bits per heavy atom. The van der Waals surface area contributed by atoms with E-state index in [1.54, 1.807) is 11.8 Å². The normalized spacial score (nSPS) is 12.7. The molecule has 0 heterocycles. The van der Waals surface area contributed by atoms with E-state index in [1.807, 2.05) is 14.1 Å². The van der Waals surface area contributed by atoms with Crippen LogP contribution in [0.3, 0.4) is 0 Å². The second-order valence-corrected chi connectivity index (χ2v) is 2.71. The van der Waals surface area contributed by atoms with Gasteiger partial charge in [-0.15, -0.1) is 0 Å². The van der Waals surface area contributed by atoms with Gasteiger partial charge in [-0.2, -0.15) is 0 Å².